The van der Waals surface area contributed by atoms with Gasteiger partial charge in [0.05, 0.1) is 5.69 Å². The molecule has 2 aromatic heterocycles. The summed E-state index contributed by atoms with van der Waals surface area (Å²) in [5, 5.41) is 6.66. The van der Waals surface area contributed by atoms with E-state index in [2.05, 4.69) is 20.6 Å². The average Bonchev–Trinajstić information content (AvgIpc) is 3.35. The van der Waals surface area contributed by atoms with Crippen LogP contribution in [-0.4, -0.2) is 48.1 Å². The summed E-state index contributed by atoms with van der Waals surface area (Å²) in [6.45, 7) is 3.84. The number of hydrogen-bond acceptors (Lipinski definition) is 3. The van der Waals surface area contributed by atoms with E-state index in [4.69, 9.17) is 0 Å². The third-order valence-corrected chi connectivity index (χ3v) is 5.41. The molecular formula is C22H26F2N6. The number of guanidine groups is 1. The number of imidazole rings is 1. The first kappa shape index (κ1) is 20.1. The van der Waals surface area contributed by atoms with Gasteiger partial charge in [0.2, 0.25) is 0 Å². The lowest BCUT2D eigenvalue weighted by atomic mass is 10.2. The van der Waals surface area contributed by atoms with E-state index in [0.29, 0.717) is 25.6 Å². The molecule has 1 fully saturated rings. The number of aromatic nitrogens is 2. The van der Waals surface area contributed by atoms with Crippen molar-refractivity contribution in [3.63, 3.8) is 0 Å². The fourth-order valence-corrected chi connectivity index (χ4v) is 3.89. The molecule has 6 nitrogen and oxygen atoms in total. The molecule has 1 aliphatic heterocycles. The number of hydrogen-bond donors (Lipinski definition) is 2. The highest BCUT2D eigenvalue weighted by Crippen LogP contribution is 2.26. The first-order valence-electron chi connectivity index (χ1n) is 10.1. The van der Waals surface area contributed by atoms with Gasteiger partial charge in [-0.1, -0.05) is 12.1 Å². The normalized spacial score (nSPS) is 17.0. The quantitative estimate of drug-likeness (QED) is 0.500. The van der Waals surface area contributed by atoms with Gasteiger partial charge in [-0.05, 0) is 37.1 Å². The van der Waals surface area contributed by atoms with Gasteiger partial charge in [0, 0.05) is 51.5 Å². The van der Waals surface area contributed by atoms with Crippen molar-refractivity contribution >= 4 is 17.3 Å². The van der Waals surface area contributed by atoms with E-state index >= 15 is 0 Å². The van der Waals surface area contributed by atoms with Gasteiger partial charge in [-0.3, -0.25) is 4.99 Å². The van der Waals surface area contributed by atoms with Crippen LogP contribution in [0, 0.1) is 18.6 Å². The fourth-order valence-electron chi connectivity index (χ4n) is 3.89. The molecule has 3 aromatic rings. The number of halogens is 2. The number of benzene rings is 1. The Kier molecular flexibility index (Phi) is 5.83. The van der Waals surface area contributed by atoms with Crippen LogP contribution < -0.4 is 15.5 Å². The maximum atomic E-state index is 14.0. The van der Waals surface area contributed by atoms with Crippen LogP contribution in [0.4, 0.5) is 14.5 Å². The standard InChI is InChI=1S/C22H26F2N6/c1-15-5-4-11-30-14-16(27-21(15)30)8-10-26-22(25-2)28-17-9-12-29(13-17)20-18(23)6-3-7-19(20)24/h3-7,11,14,17H,8-10,12-13H2,1-2H3,(H2,25,26,28). The number of fused-ring (bicyclic) bond motifs is 1. The van der Waals surface area contributed by atoms with E-state index < -0.39 is 11.6 Å². The Bertz CT molecular complexity index is 1040. The number of pyridine rings is 1. The van der Waals surface area contributed by atoms with Crippen molar-refractivity contribution in [1.82, 2.24) is 20.0 Å². The van der Waals surface area contributed by atoms with Crippen molar-refractivity contribution in [3.05, 3.63) is 65.6 Å². The molecule has 1 saturated heterocycles. The topological polar surface area (TPSA) is 57.0 Å². The zero-order chi connectivity index (χ0) is 21.1. The molecule has 0 spiro atoms. The van der Waals surface area contributed by atoms with Gasteiger partial charge in [-0.25, -0.2) is 13.8 Å². The minimum absolute atomic E-state index is 0.0480. The number of aryl methyl sites for hydroxylation is 1. The van der Waals surface area contributed by atoms with Gasteiger partial charge in [0.15, 0.2) is 5.96 Å². The van der Waals surface area contributed by atoms with E-state index in [1.165, 1.54) is 18.2 Å². The molecular weight excluding hydrogens is 386 g/mol. The molecule has 0 aliphatic carbocycles. The average molecular weight is 412 g/mol. The summed E-state index contributed by atoms with van der Waals surface area (Å²) in [6, 6.07) is 8.09. The third kappa shape index (κ3) is 4.22. The van der Waals surface area contributed by atoms with Crippen molar-refractivity contribution in [3.8, 4) is 0 Å². The Morgan fingerprint density at radius 3 is 2.77 bits per heavy atom. The van der Waals surface area contributed by atoms with Gasteiger partial charge >= 0.3 is 0 Å². The second-order valence-corrected chi connectivity index (χ2v) is 7.55. The summed E-state index contributed by atoms with van der Waals surface area (Å²) in [4.78, 5) is 10.7. The maximum Gasteiger partial charge on any atom is 0.191 e. The number of nitrogens with one attached hydrogen (secondary N) is 2. The van der Waals surface area contributed by atoms with Crippen LogP contribution in [0.25, 0.3) is 5.65 Å². The van der Waals surface area contributed by atoms with Crippen LogP contribution in [-0.2, 0) is 6.42 Å². The van der Waals surface area contributed by atoms with Crippen LogP contribution in [0.3, 0.4) is 0 Å². The molecule has 4 rings (SSSR count). The smallest absolute Gasteiger partial charge is 0.191 e. The van der Waals surface area contributed by atoms with E-state index in [9.17, 15) is 8.78 Å². The molecule has 1 atom stereocenters. The Morgan fingerprint density at radius 2 is 2.03 bits per heavy atom. The van der Waals surface area contributed by atoms with Gasteiger partial charge in [0.25, 0.3) is 0 Å². The van der Waals surface area contributed by atoms with Crippen LogP contribution in [0.15, 0.2) is 47.7 Å². The third-order valence-electron chi connectivity index (χ3n) is 5.41. The van der Waals surface area contributed by atoms with E-state index in [-0.39, 0.29) is 11.7 Å². The molecule has 1 aliphatic rings. The van der Waals surface area contributed by atoms with Crippen molar-refractivity contribution < 1.29 is 8.78 Å². The lowest BCUT2D eigenvalue weighted by Gasteiger charge is -2.21. The van der Waals surface area contributed by atoms with Gasteiger partial charge in [-0.2, -0.15) is 0 Å². The van der Waals surface area contributed by atoms with E-state index in [0.717, 1.165) is 29.7 Å². The van der Waals surface area contributed by atoms with Crippen LogP contribution in [0.1, 0.15) is 17.7 Å². The number of para-hydroxylation sites is 1. The minimum atomic E-state index is -0.527. The molecule has 0 radical (unpaired) electrons. The molecule has 0 amide bonds. The summed E-state index contributed by atoms with van der Waals surface area (Å²) < 4.78 is 30.1. The number of aliphatic imine (C=N–C) groups is 1. The largest absolute Gasteiger partial charge is 0.365 e. The highest BCUT2D eigenvalue weighted by atomic mass is 19.1. The van der Waals surface area contributed by atoms with Crippen LogP contribution in [0.2, 0.25) is 0 Å². The molecule has 158 valence electrons. The summed E-state index contributed by atoms with van der Waals surface area (Å²) in [6.07, 6.45) is 5.58. The predicted molar refractivity (Wildman–Crippen MR) is 115 cm³/mol. The number of nitrogens with zero attached hydrogens (tertiary/aromatic N) is 4. The summed E-state index contributed by atoms with van der Waals surface area (Å²) in [7, 11) is 1.72. The molecule has 1 aromatic carbocycles. The highest BCUT2D eigenvalue weighted by molar-refractivity contribution is 5.80. The molecule has 2 N–H and O–H groups in total. The predicted octanol–water partition coefficient (Wildman–Crippen LogP) is 2.91. The Morgan fingerprint density at radius 1 is 1.23 bits per heavy atom. The van der Waals surface area contributed by atoms with Crippen molar-refractivity contribution in [2.24, 2.45) is 4.99 Å². The number of rotatable bonds is 5. The Hall–Kier alpha value is -3.16. The lowest BCUT2D eigenvalue weighted by molar-refractivity contribution is 0.576. The van der Waals surface area contributed by atoms with Gasteiger partial charge in [0.1, 0.15) is 23.0 Å². The van der Waals surface area contributed by atoms with Crippen molar-refractivity contribution in [2.75, 3.05) is 31.6 Å². The Labute approximate surface area is 174 Å². The first-order chi connectivity index (χ1) is 14.5. The second-order valence-electron chi connectivity index (χ2n) is 7.55. The second kappa shape index (κ2) is 8.69. The summed E-state index contributed by atoms with van der Waals surface area (Å²) in [5.41, 5.74) is 3.17. The van der Waals surface area contributed by atoms with E-state index in [1.807, 2.05) is 35.9 Å². The van der Waals surface area contributed by atoms with Crippen LogP contribution >= 0.6 is 0 Å². The molecule has 3 heterocycles. The molecule has 30 heavy (non-hydrogen) atoms. The first-order valence-corrected chi connectivity index (χ1v) is 10.1. The minimum Gasteiger partial charge on any atom is -0.365 e. The molecule has 8 heteroatoms. The zero-order valence-corrected chi connectivity index (χ0v) is 17.2. The maximum absolute atomic E-state index is 14.0. The van der Waals surface area contributed by atoms with Gasteiger partial charge < -0.3 is 19.9 Å². The lowest BCUT2D eigenvalue weighted by Crippen LogP contribution is -2.45. The SMILES string of the molecule is CN=C(NCCc1cn2cccc(C)c2n1)NC1CCN(c2c(F)cccc2F)C1. The zero-order valence-electron chi connectivity index (χ0n) is 17.2. The molecule has 0 bridgehead atoms. The molecule has 1 unspecified atom stereocenters. The van der Waals surface area contributed by atoms with Crippen molar-refractivity contribution in [2.45, 2.75) is 25.8 Å². The van der Waals surface area contributed by atoms with Gasteiger partial charge in [-0.15, -0.1) is 0 Å². The Balaban J connectivity index is 1.30. The number of anilines is 1. The fraction of sp³-hybridized carbons (Fsp3) is 0.364. The summed E-state index contributed by atoms with van der Waals surface area (Å²) >= 11 is 0. The monoisotopic (exact) mass is 412 g/mol. The van der Waals surface area contributed by atoms with Crippen LogP contribution in [0.5, 0.6) is 0 Å². The molecule has 0 saturated carbocycles. The van der Waals surface area contributed by atoms with E-state index in [1.54, 1.807) is 11.9 Å². The highest BCUT2D eigenvalue weighted by Gasteiger charge is 2.27. The summed E-state index contributed by atoms with van der Waals surface area (Å²) in [5.74, 6) is -0.377. The van der Waals surface area contributed by atoms with Crippen molar-refractivity contribution in [1.29, 1.82) is 0 Å².